The average Bonchev–Trinajstić information content (AvgIpc) is 2.49. The Labute approximate surface area is 118 Å². The highest BCUT2D eigenvalue weighted by Gasteiger charge is 2.15. The molecule has 0 aliphatic rings. The molecule has 0 spiro atoms. The van der Waals surface area contributed by atoms with Gasteiger partial charge < -0.3 is 0 Å². The molecule has 1 heterocycles. The summed E-state index contributed by atoms with van der Waals surface area (Å²) < 4.78 is 0. The second kappa shape index (κ2) is 5.41. The molecule has 0 saturated carbocycles. The summed E-state index contributed by atoms with van der Waals surface area (Å²) in [5, 5.41) is 1.13. The molecule has 3 nitrogen and oxygen atoms in total. The van der Waals surface area contributed by atoms with Crippen molar-refractivity contribution in [1.29, 1.82) is 0 Å². The Morgan fingerprint density at radius 1 is 1.00 bits per heavy atom. The van der Waals surface area contributed by atoms with Crippen LogP contribution in [0.2, 0.25) is 0 Å². The van der Waals surface area contributed by atoms with Crippen molar-refractivity contribution < 1.29 is 0 Å². The van der Waals surface area contributed by atoms with E-state index in [9.17, 15) is 0 Å². The van der Waals surface area contributed by atoms with Gasteiger partial charge in [-0.3, -0.25) is 10.8 Å². The predicted molar refractivity (Wildman–Crippen MR) is 82.1 cm³/mol. The summed E-state index contributed by atoms with van der Waals surface area (Å²) in [5.41, 5.74) is 7.22. The minimum absolute atomic E-state index is 0.0391. The van der Waals surface area contributed by atoms with Crippen LogP contribution in [0, 0.1) is 6.92 Å². The Kier molecular flexibility index (Phi) is 3.46. The zero-order valence-electron chi connectivity index (χ0n) is 11.4. The van der Waals surface area contributed by atoms with E-state index in [1.54, 1.807) is 0 Å². The van der Waals surface area contributed by atoms with Crippen LogP contribution in [0.15, 0.2) is 60.7 Å². The molecule has 0 aliphatic heterocycles. The van der Waals surface area contributed by atoms with Crippen LogP contribution in [0.1, 0.15) is 22.9 Å². The Balaban J connectivity index is 2.22. The Hall–Kier alpha value is -2.23. The molecule has 3 aromatic rings. The van der Waals surface area contributed by atoms with Gasteiger partial charge in [0.05, 0.1) is 11.6 Å². The van der Waals surface area contributed by atoms with Crippen LogP contribution in [0.4, 0.5) is 0 Å². The first-order valence-electron chi connectivity index (χ1n) is 6.67. The van der Waals surface area contributed by atoms with E-state index in [4.69, 9.17) is 5.84 Å². The van der Waals surface area contributed by atoms with E-state index in [-0.39, 0.29) is 6.04 Å². The van der Waals surface area contributed by atoms with E-state index in [1.807, 2.05) is 43.3 Å². The molecular formula is C17H17N3. The molecule has 1 aromatic heterocycles. The number of aromatic nitrogens is 1. The number of hydrogen-bond acceptors (Lipinski definition) is 3. The zero-order chi connectivity index (χ0) is 13.9. The van der Waals surface area contributed by atoms with E-state index in [0.717, 1.165) is 27.7 Å². The second-order valence-corrected chi connectivity index (χ2v) is 4.88. The predicted octanol–water partition coefficient (Wildman–Crippen LogP) is 3.10. The monoisotopic (exact) mass is 263 g/mol. The molecule has 20 heavy (non-hydrogen) atoms. The van der Waals surface area contributed by atoms with Crippen LogP contribution in [-0.4, -0.2) is 4.98 Å². The summed E-state index contributed by atoms with van der Waals surface area (Å²) >= 11 is 0. The fourth-order valence-corrected chi connectivity index (χ4v) is 2.59. The van der Waals surface area contributed by atoms with Gasteiger partial charge in [-0.1, -0.05) is 48.5 Å². The highest BCUT2D eigenvalue weighted by atomic mass is 15.2. The summed E-state index contributed by atoms with van der Waals surface area (Å²) in [4.78, 5) is 4.58. The van der Waals surface area contributed by atoms with Crippen LogP contribution >= 0.6 is 0 Å². The molecule has 100 valence electrons. The van der Waals surface area contributed by atoms with Crippen molar-refractivity contribution in [3.8, 4) is 0 Å². The van der Waals surface area contributed by atoms with E-state index < -0.39 is 0 Å². The van der Waals surface area contributed by atoms with Crippen LogP contribution in [-0.2, 0) is 0 Å². The molecule has 2 aromatic carbocycles. The summed E-state index contributed by atoms with van der Waals surface area (Å²) in [6, 6.07) is 20.4. The van der Waals surface area contributed by atoms with Crippen LogP contribution < -0.4 is 11.3 Å². The second-order valence-electron chi connectivity index (χ2n) is 4.88. The first kappa shape index (κ1) is 12.8. The van der Waals surface area contributed by atoms with E-state index >= 15 is 0 Å². The number of benzene rings is 2. The summed E-state index contributed by atoms with van der Waals surface area (Å²) in [5.74, 6) is 5.81. The largest absolute Gasteiger partial charge is 0.271 e. The third kappa shape index (κ3) is 2.29. The number of aryl methyl sites for hydroxylation is 1. The lowest BCUT2D eigenvalue weighted by Gasteiger charge is -2.19. The standard InChI is InChI=1S/C17H17N3/c1-12-11-15(14-9-5-6-10-16(14)19-12)17(20-18)13-7-3-2-4-8-13/h2-11,17,20H,18H2,1H3. The van der Waals surface area contributed by atoms with Crippen LogP contribution in [0.25, 0.3) is 10.9 Å². The fourth-order valence-electron chi connectivity index (χ4n) is 2.59. The highest BCUT2D eigenvalue weighted by Crippen LogP contribution is 2.28. The number of nitrogens with zero attached hydrogens (tertiary/aromatic N) is 1. The molecule has 3 N–H and O–H groups in total. The number of para-hydroxylation sites is 1. The molecule has 1 unspecified atom stereocenters. The Morgan fingerprint density at radius 3 is 2.45 bits per heavy atom. The zero-order valence-corrected chi connectivity index (χ0v) is 11.4. The van der Waals surface area contributed by atoms with Gasteiger partial charge in [0.15, 0.2) is 0 Å². The molecule has 0 saturated heterocycles. The number of hydrogen-bond donors (Lipinski definition) is 2. The van der Waals surface area contributed by atoms with Crippen LogP contribution in [0.5, 0.6) is 0 Å². The van der Waals surface area contributed by atoms with Crippen molar-refractivity contribution in [1.82, 2.24) is 10.4 Å². The van der Waals surface area contributed by atoms with Crippen molar-refractivity contribution in [2.24, 2.45) is 5.84 Å². The van der Waals surface area contributed by atoms with E-state index in [0.29, 0.717) is 0 Å². The first-order chi connectivity index (χ1) is 9.79. The van der Waals surface area contributed by atoms with E-state index in [2.05, 4.69) is 34.7 Å². The SMILES string of the molecule is Cc1cc(C(NN)c2ccccc2)c2ccccc2n1. The summed E-state index contributed by atoms with van der Waals surface area (Å²) in [6.07, 6.45) is 0. The maximum atomic E-state index is 5.81. The maximum Gasteiger partial charge on any atom is 0.0717 e. The number of pyridine rings is 1. The fraction of sp³-hybridized carbons (Fsp3) is 0.118. The average molecular weight is 263 g/mol. The van der Waals surface area contributed by atoms with Gasteiger partial charge in [0.1, 0.15) is 0 Å². The topological polar surface area (TPSA) is 50.9 Å². The van der Waals surface area contributed by atoms with Crippen molar-refractivity contribution in [2.75, 3.05) is 0 Å². The highest BCUT2D eigenvalue weighted by molar-refractivity contribution is 5.83. The lowest BCUT2D eigenvalue weighted by Crippen LogP contribution is -2.29. The minimum Gasteiger partial charge on any atom is -0.271 e. The molecular weight excluding hydrogens is 246 g/mol. The number of nitrogens with one attached hydrogen (secondary N) is 1. The van der Waals surface area contributed by atoms with Crippen molar-refractivity contribution in [2.45, 2.75) is 13.0 Å². The van der Waals surface area contributed by atoms with Gasteiger partial charge in [0.2, 0.25) is 0 Å². The third-order valence-corrected chi connectivity index (χ3v) is 3.49. The quantitative estimate of drug-likeness (QED) is 0.564. The minimum atomic E-state index is -0.0391. The Morgan fingerprint density at radius 2 is 1.70 bits per heavy atom. The third-order valence-electron chi connectivity index (χ3n) is 3.49. The van der Waals surface area contributed by atoms with Gasteiger partial charge in [-0.15, -0.1) is 0 Å². The summed E-state index contributed by atoms with van der Waals surface area (Å²) in [6.45, 7) is 2.01. The molecule has 0 amide bonds. The molecule has 0 aliphatic carbocycles. The van der Waals surface area contributed by atoms with Gasteiger partial charge in [0.25, 0.3) is 0 Å². The molecule has 3 heteroatoms. The normalized spacial score (nSPS) is 12.5. The number of rotatable bonds is 3. The maximum absolute atomic E-state index is 5.81. The molecule has 0 fully saturated rings. The summed E-state index contributed by atoms with van der Waals surface area (Å²) in [7, 11) is 0. The van der Waals surface area contributed by atoms with Crippen molar-refractivity contribution >= 4 is 10.9 Å². The lowest BCUT2D eigenvalue weighted by atomic mass is 9.95. The molecule has 1 atom stereocenters. The van der Waals surface area contributed by atoms with Crippen molar-refractivity contribution in [3.05, 3.63) is 77.5 Å². The molecule has 0 bridgehead atoms. The van der Waals surface area contributed by atoms with Gasteiger partial charge in [-0.05, 0) is 30.2 Å². The van der Waals surface area contributed by atoms with E-state index in [1.165, 1.54) is 0 Å². The van der Waals surface area contributed by atoms with Gasteiger partial charge >= 0.3 is 0 Å². The van der Waals surface area contributed by atoms with Crippen molar-refractivity contribution in [3.63, 3.8) is 0 Å². The number of hydrazine groups is 1. The Bertz CT molecular complexity index is 723. The molecule has 0 radical (unpaired) electrons. The smallest absolute Gasteiger partial charge is 0.0717 e. The molecule has 3 rings (SSSR count). The van der Waals surface area contributed by atoms with Gasteiger partial charge in [-0.25, -0.2) is 5.43 Å². The van der Waals surface area contributed by atoms with Gasteiger partial charge in [-0.2, -0.15) is 0 Å². The van der Waals surface area contributed by atoms with Gasteiger partial charge in [0, 0.05) is 11.1 Å². The first-order valence-corrected chi connectivity index (χ1v) is 6.67. The van der Waals surface area contributed by atoms with Crippen LogP contribution in [0.3, 0.4) is 0 Å². The lowest BCUT2D eigenvalue weighted by molar-refractivity contribution is 0.640. The number of fused-ring (bicyclic) bond motifs is 1. The number of nitrogens with two attached hydrogens (primary N) is 1.